The maximum Gasteiger partial charge on any atom is 0.0914 e. The summed E-state index contributed by atoms with van der Waals surface area (Å²) in [4.78, 5) is 16.2. The van der Waals surface area contributed by atoms with E-state index in [9.17, 15) is 0 Å². The standard InChI is InChI=1S/C23H27N7/c1-16-5-4-6-21(28-16)23(25)18(14-24)19-7-8-20-22(29-19)13-17(15-27-20)26-9-12-30-10-2-3-11-30/h4-8,13-15,24,26H,2-3,9-12,25H2,1H3/b23-18+,24-14?. The first-order valence-electron chi connectivity index (χ1n) is 10.3. The topological polar surface area (TPSA) is 104 Å². The van der Waals surface area contributed by atoms with Crippen LogP contribution in [0.5, 0.6) is 0 Å². The third-order valence-corrected chi connectivity index (χ3v) is 5.37. The fourth-order valence-electron chi connectivity index (χ4n) is 3.74. The zero-order chi connectivity index (χ0) is 20.9. The fraction of sp³-hybridized carbons (Fsp3) is 0.304. The van der Waals surface area contributed by atoms with Crippen molar-refractivity contribution in [3.8, 4) is 0 Å². The highest BCUT2D eigenvalue weighted by molar-refractivity contribution is 6.17. The number of hydrogen-bond acceptors (Lipinski definition) is 7. The Balaban J connectivity index is 1.59. The number of aryl methyl sites for hydroxylation is 1. The molecule has 0 atom stereocenters. The van der Waals surface area contributed by atoms with Crippen LogP contribution in [-0.4, -0.2) is 52.2 Å². The van der Waals surface area contributed by atoms with Crippen molar-refractivity contribution in [2.24, 2.45) is 5.73 Å². The summed E-state index contributed by atoms with van der Waals surface area (Å²) in [6, 6.07) is 11.4. The Labute approximate surface area is 176 Å². The van der Waals surface area contributed by atoms with E-state index in [2.05, 4.69) is 20.2 Å². The summed E-state index contributed by atoms with van der Waals surface area (Å²) in [5.41, 5.74) is 12.0. The van der Waals surface area contributed by atoms with E-state index in [0.29, 0.717) is 22.7 Å². The number of allylic oxidation sites excluding steroid dienone is 1. The highest BCUT2D eigenvalue weighted by Crippen LogP contribution is 2.22. The molecular formula is C23H27N7. The van der Waals surface area contributed by atoms with Crippen LogP contribution >= 0.6 is 0 Å². The summed E-state index contributed by atoms with van der Waals surface area (Å²) in [5, 5.41) is 11.3. The number of pyridine rings is 3. The van der Waals surface area contributed by atoms with Gasteiger partial charge in [-0.05, 0) is 63.2 Å². The summed E-state index contributed by atoms with van der Waals surface area (Å²) in [6.07, 6.45) is 5.67. The fourth-order valence-corrected chi connectivity index (χ4v) is 3.74. The maximum absolute atomic E-state index is 7.89. The number of nitrogens with one attached hydrogen (secondary N) is 2. The van der Waals surface area contributed by atoms with E-state index < -0.39 is 0 Å². The average molecular weight is 402 g/mol. The van der Waals surface area contributed by atoms with Crippen molar-refractivity contribution >= 4 is 34.2 Å². The van der Waals surface area contributed by atoms with Gasteiger partial charge in [0.25, 0.3) is 0 Å². The minimum atomic E-state index is 0.438. The second kappa shape index (κ2) is 9.00. The molecule has 0 saturated carbocycles. The highest BCUT2D eigenvalue weighted by Gasteiger charge is 2.12. The van der Waals surface area contributed by atoms with Crippen molar-refractivity contribution in [3.63, 3.8) is 0 Å². The first kappa shape index (κ1) is 20.0. The molecule has 4 rings (SSSR count). The van der Waals surface area contributed by atoms with Crippen LogP contribution in [0.3, 0.4) is 0 Å². The third-order valence-electron chi connectivity index (χ3n) is 5.37. The SMILES string of the molecule is Cc1cccc(/C(N)=C(/C=N)c2ccc3ncc(NCCN4CCCC4)cc3n2)n1. The van der Waals surface area contributed by atoms with E-state index >= 15 is 0 Å². The summed E-state index contributed by atoms with van der Waals surface area (Å²) in [6.45, 7) is 6.22. The molecule has 4 heterocycles. The van der Waals surface area contributed by atoms with E-state index in [1.165, 1.54) is 32.1 Å². The number of anilines is 1. The molecule has 3 aromatic rings. The Morgan fingerprint density at radius 2 is 1.97 bits per heavy atom. The molecular weight excluding hydrogens is 374 g/mol. The smallest absolute Gasteiger partial charge is 0.0914 e. The molecule has 1 saturated heterocycles. The summed E-state index contributed by atoms with van der Waals surface area (Å²) < 4.78 is 0. The van der Waals surface area contributed by atoms with E-state index in [-0.39, 0.29) is 0 Å². The van der Waals surface area contributed by atoms with Crippen molar-refractivity contribution in [3.05, 3.63) is 59.7 Å². The molecule has 1 aliphatic rings. The van der Waals surface area contributed by atoms with Crippen LogP contribution in [0.2, 0.25) is 0 Å². The molecule has 0 aromatic carbocycles. The lowest BCUT2D eigenvalue weighted by molar-refractivity contribution is 0.352. The molecule has 7 heteroatoms. The van der Waals surface area contributed by atoms with Crippen molar-refractivity contribution in [2.75, 3.05) is 31.5 Å². The van der Waals surface area contributed by atoms with Gasteiger partial charge in [-0.1, -0.05) is 6.07 Å². The van der Waals surface area contributed by atoms with Crippen LogP contribution in [0.1, 0.15) is 29.9 Å². The molecule has 0 unspecified atom stereocenters. The quantitative estimate of drug-likeness (QED) is 0.525. The van der Waals surface area contributed by atoms with Gasteiger partial charge in [0, 0.05) is 30.6 Å². The van der Waals surface area contributed by atoms with Crippen molar-refractivity contribution < 1.29 is 0 Å². The Morgan fingerprint density at radius 1 is 1.13 bits per heavy atom. The van der Waals surface area contributed by atoms with Gasteiger partial charge in [-0.3, -0.25) is 9.97 Å². The van der Waals surface area contributed by atoms with Gasteiger partial charge in [0.2, 0.25) is 0 Å². The van der Waals surface area contributed by atoms with Crippen LogP contribution in [0, 0.1) is 12.3 Å². The summed E-state index contributed by atoms with van der Waals surface area (Å²) in [7, 11) is 0. The number of nitrogens with zero attached hydrogens (tertiary/aromatic N) is 4. The number of rotatable bonds is 7. The van der Waals surface area contributed by atoms with Crippen LogP contribution in [-0.2, 0) is 0 Å². The van der Waals surface area contributed by atoms with Crippen molar-refractivity contribution in [2.45, 2.75) is 19.8 Å². The molecule has 3 aromatic heterocycles. The number of likely N-dealkylation sites (tertiary alicyclic amines) is 1. The second-order valence-electron chi connectivity index (χ2n) is 7.57. The van der Waals surface area contributed by atoms with Gasteiger partial charge >= 0.3 is 0 Å². The molecule has 1 fully saturated rings. The van der Waals surface area contributed by atoms with E-state index in [1.807, 2.05) is 49.5 Å². The molecule has 154 valence electrons. The zero-order valence-corrected chi connectivity index (χ0v) is 17.2. The van der Waals surface area contributed by atoms with Gasteiger partial charge in [0.15, 0.2) is 0 Å². The Kier molecular flexibility index (Phi) is 5.99. The van der Waals surface area contributed by atoms with Gasteiger partial charge in [-0.15, -0.1) is 0 Å². The summed E-state index contributed by atoms with van der Waals surface area (Å²) in [5.74, 6) is 0. The number of aromatic nitrogens is 3. The Morgan fingerprint density at radius 3 is 2.73 bits per heavy atom. The molecule has 0 aliphatic carbocycles. The Hall–Kier alpha value is -3.32. The van der Waals surface area contributed by atoms with Crippen LogP contribution < -0.4 is 11.1 Å². The van der Waals surface area contributed by atoms with Gasteiger partial charge in [-0.2, -0.15) is 0 Å². The Bertz CT molecular complexity index is 1080. The van der Waals surface area contributed by atoms with E-state index in [1.54, 1.807) is 0 Å². The molecule has 30 heavy (non-hydrogen) atoms. The number of fused-ring (bicyclic) bond motifs is 1. The largest absolute Gasteiger partial charge is 0.396 e. The molecule has 0 amide bonds. The van der Waals surface area contributed by atoms with Gasteiger partial charge < -0.3 is 21.4 Å². The second-order valence-corrected chi connectivity index (χ2v) is 7.57. The zero-order valence-electron chi connectivity index (χ0n) is 17.2. The first-order valence-corrected chi connectivity index (χ1v) is 10.3. The monoisotopic (exact) mass is 401 g/mol. The number of nitrogens with two attached hydrogens (primary N) is 1. The molecule has 4 N–H and O–H groups in total. The normalized spacial score (nSPS) is 15.2. The predicted molar refractivity (Wildman–Crippen MR) is 122 cm³/mol. The van der Waals surface area contributed by atoms with E-state index in [4.69, 9.17) is 16.1 Å². The van der Waals surface area contributed by atoms with E-state index in [0.717, 1.165) is 35.5 Å². The first-order chi connectivity index (χ1) is 14.6. The average Bonchev–Trinajstić information content (AvgIpc) is 3.27. The third kappa shape index (κ3) is 4.46. The lowest BCUT2D eigenvalue weighted by atomic mass is 10.1. The molecule has 1 aliphatic heterocycles. The van der Waals surface area contributed by atoms with Crippen LogP contribution in [0.4, 0.5) is 5.69 Å². The molecule has 0 spiro atoms. The van der Waals surface area contributed by atoms with Crippen LogP contribution in [0.25, 0.3) is 22.3 Å². The maximum atomic E-state index is 7.89. The number of hydrogen-bond donors (Lipinski definition) is 3. The molecule has 0 radical (unpaired) electrons. The van der Waals surface area contributed by atoms with Crippen molar-refractivity contribution in [1.82, 2.24) is 19.9 Å². The van der Waals surface area contributed by atoms with Crippen LogP contribution in [0.15, 0.2) is 42.6 Å². The highest BCUT2D eigenvalue weighted by atomic mass is 15.1. The van der Waals surface area contributed by atoms with Crippen molar-refractivity contribution in [1.29, 1.82) is 5.41 Å². The summed E-state index contributed by atoms with van der Waals surface area (Å²) >= 11 is 0. The lowest BCUT2D eigenvalue weighted by Crippen LogP contribution is -2.25. The lowest BCUT2D eigenvalue weighted by Gasteiger charge is -2.15. The van der Waals surface area contributed by atoms with Gasteiger partial charge in [0.05, 0.1) is 40.0 Å². The van der Waals surface area contributed by atoms with Gasteiger partial charge in [-0.25, -0.2) is 4.98 Å². The molecule has 7 nitrogen and oxygen atoms in total. The molecule has 0 bridgehead atoms. The van der Waals surface area contributed by atoms with Gasteiger partial charge in [0.1, 0.15) is 0 Å². The minimum absolute atomic E-state index is 0.438. The predicted octanol–water partition coefficient (Wildman–Crippen LogP) is 3.32. The minimum Gasteiger partial charge on any atom is -0.396 e.